The van der Waals surface area contributed by atoms with Crippen LogP contribution >= 0.6 is 0 Å². The number of carbonyl (C=O) groups excluding carboxylic acids is 1. The normalized spacial score (nSPS) is 20.5. The Morgan fingerprint density at radius 2 is 2.04 bits per heavy atom. The first-order valence-electron chi connectivity index (χ1n) is 9.39. The van der Waals surface area contributed by atoms with E-state index < -0.39 is 0 Å². The monoisotopic (exact) mass is 331 g/mol. The third-order valence-electron chi connectivity index (χ3n) is 5.25. The quantitative estimate of drug-likeness (QED) is 0.815. The summed E-state index contributed by atoms with van der Waals surface area (Å²) < 4.78 is 5.84. The van der Waals surface area contributed by atoms with Gasteiger partial charge >= 0.3 is 0 Å². The van der Waals surface area contributed by atoms with Crippen LogP contribution in [0.4, 0.5) is 0 Å². The largest absolute Gasteiger partial charge is 0.494 e. The van der Waals surface area contributed by atoms with Gasteiger partial charge in [-0.3, -0.25) is 4.79 Å². The highest BCUT2D eigenvalue weighted by Crippen LogP contribution is 2.25. The Morgan fingerprint density at radius 1 is 1.21 bits per heavy atom. The molecule has 0 bridgehead atoms. The molecule has 0 radical (unpaired) electrons. The summed E-state index contributed by atoms with van der Waals surface area (Å²) in [6.45, 7) is 2.31. The molecule has 1 N–H and O–H groups in total. The molecule has 4 heteroatoms. The van der Waals surface area contributed by atoms with Crippen molar-refractivity contribution in [3.63, 3.8) is 0 Å². The predicted octanol–water partition coefficient (Wildman–Crippen LogP) is 2.96. The molecule has 132 valence electrons. The van der Waals surface area contributed by atoms with E-state index >= 15 is 0 Å². The van der Waals surface area contributed by atoms with Crippen LogP contribution in [-0.2, 0) is 17.6 Å². The van der Waals surface area contributed by atoms with E-state index in [0.717, 1.165) is 38.0 Å². The molecule has 0 saturated carbocycles. The number of aliphatic hydroxyl groups excluding tert-OH is 1. The Bertz CT molecular complexity index is 558. The van der Waals surface area contributed by atoms with E-state index in [0.29, 0.717) is 19.6 Å². The fourth-order valence-corrected chi connectivity index (χ4v) is 3.81. The first-order valence-corrected chi connectivity index (χ1v) is 9.39. The summed E-state index contributed by atoms with van der Waals surface area (Å²) in [5, 5.41) is 9.26. The molecular weight excluding hydrogens is 302 g/mol. The van der Waals surface area contributed by atoms with Crippen molar-refractivity contribution in [1.29, 1.82) is 0 Å². The molecule has 1 amide bonds. The zero-order valence-electron chi connectivity index (χ0n) is 14.5. The Balaban J connectivity index is 1.39. The molecule has 2 aliphatic rings. The summed E-state index contributed by atoms with van der Waals surface area (Å²) in [5.41, 5.74) is 2.89. The van der Waals surface area contributed by atoms with Gasteiger partial charge in [0, 0.05) is 26.1 Å². The zero-order chi connectivity index (χ0) is 16.8. The lowest BCUT2D eigenvalue weighted by Crippen LogP contribution is -2.40. The van der Waals surface area contributed by atoms with Gasteiger partial charge in [-0.25, -0.2) is 0 Å². The number of benzene rings is 1. The summed E-state index contributed by atoms with van der Waals surface area (Å²) >= 11 is 0. The zero-order valence-corrected chi connectivity index (χ0v) is 14.5. The Kier molecular flexibility index (Phi) is 6.13. The molecular formula is C20H29NO3. The van der Waals surface area contributed by atoms with Crippen molar-refractivity contribution >= 4 is 5.91 Å². The van der Waals surface area contributed by atoms with Crippen LogP contribution in [0, 0.1) is 5.92 Å². The summed E-state index contributed by atoms with van der Waals surface area (Å²) in [5.74, 6) is 1.39. The number of hydrogen-bond acceptors (Lipinski definition) is 3. The first-order chi connectivity index (χ1) is 11.8. The molecule has 4 nitrogen and oxygen atoms in total. The number of carbonyl (C=O) groups is 1. The minimum atomic E-state index is 0.186. The lowest BCUT2D eigenvalue weighted by molar-refractivity contribution is -0.133. The summed E-state index contributed by atoms with van der Waals surface area (Å²) in [7, 11) is 0. The average Bonchev–Trinajstić information content (AvgIpc) is 2.65. The minimum Gasteiger partial charge on any atom is -0.494 e. The number of nitrogens with zero attached hydrogens (tertiary/aromatic N) is 1. The molecule has 1 aliphatic heterocycles. The maximum absolute atomic E-state index is 12.3. The van der Waals surface area contributed by atoms with Crippen LogP contribution in [0.25, 0.3) is 0 Å². The Hall–Kier alpha value is -1.55. The number of piperidine rings is 1. The molecule has 1 unspecified atom stereocenters. The number of fused-ring (bicyclic) bond motifs is 1. The van der Waals surface area contributed by atoms with E-state index in [1.165, 1.54) is 30.4 Å². The van der Waals surface area contributed by atoms with Gasteiger partial charge < -0.3 is 14.7 Å². The Morgan fingerprint density at radius 3 is 2.88 bits per heavy atom. The van der Waals surface area contributed by atoms with Crippen molar-refractivity contribution in [3.05, 3.63) is 29.3 Å². The van der Waals surface area contributed by atoms with Gasteiger partial charge in [0.1, 0.15) is 5.75 Å². The number of likely N-dealkylation sites (tertiary alicyclic amines) is 1. The third-order valence-corrected chi connectivity index (χ3v) is 5.25. The van der Waals surface area contributed by atoms with Crippen LogP contribution in [-0.4, -0.2) is 42.2 Å². The number of aliphatic hydroxyl groups is 1. The lowest BCUT2D eigenvalue weighted by atomic mass is 9.92. The second-order valence-corrected chi connectivity index (χ2v) is 7.12. The van der Waals surface area contributed by atoms with Crippen LogP contribution in [0.3, 0.4) is 0 Å². The van der Waals surface area contributed by atoms with Crippen molar-refractivity contribution in [3.8, 4) is 5.75 Å². The highest BCUT2D eigenvalue weighted by molar-refractivity contribution is 5.76. The van der Waals surface area contributed by atoms with E-state index in [1.54, 1.807) is 0 Å². The van der Waals surface area contributed by atoms with E-state index in [2.05, 4.69) is 18.2 Å². The SMILES string of the molecule is O=C(CCCOc1ccc2c(c1)CCCC2)N1CCCC(CO)C1. The van der Waals surface area contributed by atoms with Crippen LogP contribution in [0.2, 0.25) is 0 Å². The van der Waals surface area contributed by atoms with Crippen molar-refractivity contribution in [2.45, 2.75) is 51.4 Å². The molecule has 1 saturated heterocycles. The molecule has 1 aromatic carbocycles. The highest BCUT2D eigenvalue weighted by atomic mass is 16.5. The van der Waals surface area contributed by atoms with Crippen LogP contribution in [0.5, 0.6) is 5.75 Å². The van der Waals surface area contributed by atoms with Crippen LogP contribution < -0.4 is 4.74 Å². The van der Waals surface area contributed by atoms with Gasteiger partial charge in [-0.15, -0.1) is 0 Å². The Labute approximate surface area is 144 Å². The average molecular weight is 331 g/mol. The van der Waals surface area contributed by atoms with Gasteiger partial charge in [-0.05, 0) is 74.1 Å². The fraction of sp³-hybridized carbons (Fsp3) is 0.650. The van der Waals surface area contributed by atoms with Crippen molar-refractivity contribution in [2.75, 3.05) is 26.3 Å². The van der Waals surface area contributed by atoms with Gasteiger partial charge in [0.25, 0.3) is 0 Å². The molecule has 0 spiro atoms. The minimum absolute atomic E-state index is 0.186. The van der Waals surface area contributed by atoms with Gasteiger partial charge in [-0.2, -0.15) is 0 Å². The summed E-state index contributed by atoms with van der Waals surface area (Å²) in [6, 6.07) is 6.42. The molecule has 1 fully saturated rings. The lowest BCUT2D eigenvalue weighted by Gasteiger charge is -2.31. The fourth-order valence-electron chi connectivity index (χ4n) is 3.81. The van der Waals surface area contributed by atoms with Crippen molar-refractivity contribution < 1.29 is 14.6 Å². The topological polar surface area (TPSA) is 49.8 Å². The molecule has 1 aromatic rings. The van der Waals surface area contributed by atoms with Crippen molar-refractivity contribution in [2.24, 2.45) is 5.92 Å². The second-order valence-electron chi connectivity index (χ2n) is 7.12. The number of rotatable bonds is 6. The smallest absolute Gasteiger partial charge is 0.222 e. The van der Waals surface area contributed by atoms with Gasteiger partial charge in [0.15, 0.2) is 0 Å². The standard InChI is InChI=1S/C20H29NO3/c22-15-16-5-3-11-21(14-16)20(23)8-4-12-24-19-10-9-17-6-1-2-7-18(17)13-19/h9-10,13,16,22H,1-8,11-12,14-15H2. The summed E-state index contributed by atoms with van der Waals surface area (Å²) in [6.07, 6.45) is 8.23. The van der Waals surface area contributed by atoms with E-state index in [9.17, 15) is 9.90 Å². The number of ether oxygens (including phenoxy) is 1. The molecule has 1 heterocycles. The third kappa shape index (κ3) is 4.50. The van der Waals surface area contributed by atoms with E-state index in [-0.39, 0.29) is 18.4 Å². The van der Waals surface area contributed by atoms with Gasteiger partial charge in [0.05, 0.1) is 6.61 Å². The first kappa shape index (κ1) is 17.3. The maximum Gasteiger partial charge on any atom is 0.222 e. The van der Waals surface area contributed by atoms with E-state index in [1.807, 2.05) is 4.90 Å². The molecule has 3 rings (SSSR count). The highest BCUT2D eigenvalue weighted by Gasteiger charge is 2.22. The van der Waals surface area contributed by atoms with Crippen molar-refractivity contribution in [1.82, 2.24) is 4.90 Å². The molecule has 1 atom stereocenters. The van der Waals surface area contributed by atoms with E-state index in [4.69, 9.17) is 4.74 Å². The predicted molar refractivity (Wildman–Crippen MR) is 94.2 cm³/mol. The maximum atomic E-state index is 12.3. The number of amides is 1. The van der Waals surface area contributed by atoms with Crippen LogP contribution in [0.15, 0.2) is 18.2 Å². The second kappa shape index (κ2) is 8.52. The van der Waals surface area contributed by atoms with Crippen LogP contribution in [0.1, 0.15) is 49.7 Å². The molecule has 24 heavy (non-hydrogen) atoms. The molecule has 0 aromatic heterocycles. The summed E-state index contributed by atoms with van der Waals surface area (Å²) in [4.78, 5) is 14.2. The molecule has 1 aliphatic carbocycles. The number of aryl methyl sites for hydroxylation is 2. The van der Waals surface area contributed by atoms with Gasteiger partial charge in [-0.1, -0.05) is 6.07 Å². The van der Waals surface area contributed by atoms with Gasteiger partial charge in [0.2, 0.25) is 5.91 Å². The number of hydrogen-bond donors (Lipinski definition) is 1.